The molecule has 2 N–H and O–H groups in total. The molecule has 0 unspecified atom stereocenters. The molecule has 0 spiro atoms. The maximum absolute atomic E-state index is 12.9. The summed E-state index contributed by atoms with van der Waals surface area (Å²) in [5.41, 5.74) is 3.73. The molecule has 7 nitrogen and oxygen atoms in total. The number of aromatic nitrogens is 5. The molecule has 0 fully saturated rings. The molecule has 4 rings (SSSR count). The second kappa shape index (κ2) is 8.48. The number of pyridine rings is 1. The van der Waals surface area contributed by atoms with Crippen LogP contribution in [0.2, 0.25) is 0 Å². The van der Waals surface area contributed by atoms with Crippen molar-refractivity contribution in [2.75, 3.05) is 12.0 Å². The molecule has 8 heteroatoms. The Morgan fingerprint density at radius 2 is 2.03 bits per heavy atom. The van der Waals surface area contributed by atoms with Crippen molar-refractivity contribution < 1.29 is 4.79 Å². The molecule has 0 saturated heterocycles. The summed E-state index contributed by atoms with van der Waals surface area (Å²) in [4.78, 5) is 22.0. The molecule has 1 amide bonds. The highest BCUT2D eigenvalue weighted by Crippen LogP contribution is 2.23. The summed E-state index contributed by atoms with van der Waals surface area (Å²) in [7, 11) is 1.98. The van der Waals surface area contributed by atoms with Crippen molar-refractivity contribution in [2.24, 2.45) is 7.05 Å². The highest BCUT2D eigenvalue weighted by atomic mass is 32.2. The van der Waals surface area contributed by atoms with Crippen LogP contribution in [-0.2, 0) is 7.05 Å². The Hall–Kier alpha value is -3.13. The highest BCUT2D eigenvalue weighted by Gasteiger charge is 2.22. The van der Waals surface area contributed by atoms with E-state index in [1.165, 1.54) is 0 Å². The van der Waals surface area contributed by atoms with Crippen LogP contribution in [0.25, 0.3) is 22.4 Å². The molecule has 4 aromatic rings. The number of aryl methyl sites for hydroxylation is 1. The van der Waals surface area contributed by atoms with E-state index in [0.29, 0.717) is 11.4 Å². The fraction of sp³-hybridized carbons (Fsp3) is 0.238. The molecule has 148 valence electrons. The van der Waals surface area contributed by atoms with Crippen LogP contribution in [0, 0.1) is 0 Å². The number of H-pyrrole nitrogens is 1. The minimum absolute atomic E-state index is 0.200. The average molecular weight is 407 g/mol. The number of nitrogens with zero attached hydrogens (tertiary/aromatic N) is 4. The van der Waals surface area contributed by atoms with Crippen LogP contribution in [0.4, 0.5) is 0 Å². The number of rotatable bonds is 7. The first-order valence-corrected chi connectivity index (χ1v) is 10.7. The molecule has 0 bridgehead atoms. The molecule has 1 aromatic carbocycles. The Morgan fingerprint density at radius 3 is 2.79 bits per heavy atom. The monoisotopic (exact) mass is 406 g/mol. The van der Waals surface area contributed by atoms with Crippen molar-refractivity contribution in [1.29, 1.82) is 0 Å². The minimum Gasteiger partial charge on any atom is -0.341 e. The van der Waals surface area contributed by atoms with E-state index in [2.05, 4.69) is 26.8 Å². The zero-order valence-electron chi connectivity index (χ0n) is 16.3. The Labute approximate surface area is 173 Å². The largest absolute Gasteiger partial charge is 0.341 e. The summed E-state index contributed by atoms with van der Waals surface area (Å²) < 4.78 is 2.05. The molecule has 0 aliphatic carbocycles. The molecule has 3 heterocycles. The van der Waals surface area contributed by atoms with Crippen molar-refractivity contribution in [3.63, 3.8) is 0 Å². The maximum Gasteiger partial charge on any atom is 0.269 e. The summed E-state index contributed by atoms with van der Waals surface area (Å²) in [6.07, 6.45) is 4.54. The molecular weight excluding hydrogens is 384 g/mol. The van der Waals surface area contributed by atoms with E-state index < -0.39 is 0 Å². The van der Waals surface area contributed by atoms with Gasteiger partial charge in [-0.2, -0.15) is 16.9 Å². The van der Waals surface area contributed by atoms with E-state index in [1.54, 1.807) is 24.0 Å². The van der Waals surface area contributed by atoms with Gasteiger partial charge in [-0.15, -0.1) is 0 Å². The molecule has 0 saturated carbocycles. The Morgan fingerprint density at radius 1 is 1.21 bits per heavy atom. The second-order valence-electron chi connectivity index (χ2n) is 6.71. The summed E-state index contributed by atoms with van der Waals surface area (Å²) in [5, 5.41) is 10.2. The number of aromatic amines is 1. The molecule has 0 aliphatic heterocycles. The lowest BCUT2D eigenvalue weighted by atomic mass is 10.2. The van der Waals surface area contributed by atoms with Gasteiger partial charge < -0.3 is 9.88 Å². The van der Waals surface area contributed by atoms with Gasteiger partial charge in [0, 0.05) is 13.2 Å². The lowest BCUT2D eigenvalue weighted by Crippen LogP contribution is -2.31. The van der Waals surface area contributed by atoms with Crippen LogP contribution in [0.1, 0.15) is 28.8 Å². The van der Waals surface area contributed by atoms with Gasteiger partial charge >= 0.3 is 0 Å². The van der Waals surface area contributed by atoms with Gasteiger partial charge in [0.2, 0.25) is 0 Å². The van der Waals surface area contributed by atoms with Crippen LogP contribution in [-0.4, -0.2) is 42.6 Å². The predicted octanol–water partition coefficient (Wildman–Crippen LogP) is 3.58. The fourth-order valence-electron chi connectivity index (χ4n) is 3.30. The molecule has 1 atom stereocenters. The Bertz CT molecular complexity index is 1120. The zero-order chi connectivity index (χ0) is 20.2. The quantitative estimate of drug-likeness (QED) is 0.490. The lowest BCUT2D eigenvalue weighted by Gasteiger charge is -2.18. The number of thioether (sulfide) groups is 1. The second-order valence-corrected chi connectivity index (χ2v) is 7.69. The number of fused-ring (bicyclic) bond motifs is 1. The lowest BCUT2D eigenvalue weighted by molar-refractivity contribution is 0.0928. The Balaban J connectivity index is 1.59. The van der Waals surface area contributed by atoms with E-state index >= 15 is 0 Å². The predicted molar refractivity (Wildman–Crippen MR) is 116 cm³/mol. The van der Waals surface area contributed by atoms with Gasteiger partial charge in [0.05, 0.1) is 22.8 Å². The number of carbonyl (C=O) groups excluding carboxylic acids is 1. The summed E-state index contributed by atoms with van der Waals surface area (Å²) in [6, 6.07) is 15.1. The van der Waals surface area contributed by atoms with Crippen LogP contribution < -0.4 is 5.32 Å². The van der Waals surface area contributed by atoms with Crippen molar-refractivity contribution in [3.05, 3.63) is 66.2 Å². The van der Waals surface area contributed by atoms with E-state index in [0.717, 1.165) is 34.7 Å². The normalized spacial score (nSPS) is 12.2. The number of benzene rings is 1. The number of para-hydroxylation sites is 2. The van der Waals surface area contributed by atoms with Crippen molar-refractivity contribution >= 4 is 28.7 Å². The summed E-state index contributed by atoms with van der Waals surface area (Å²) in [5.74, 6) is 1.55. The van der Waals surface area contributed by atoms with Gasteiger partial charge in [-0.05, 0) is 48.8 Å². The zero-order valence-corrected chi connectivity index (χ0v) is 17.1. The molecule has 0 aliphatic rings. The molecular formula is C21H22N6OS. The third-order valence-electron chi connectivity index (χ3n) is 4.80. The van der Waals surface area contributed by atoms with Gasteiger partial charge in [0.25, 0.3) is 5.91 Å². The van der Waals surface area contributed by atoms with E-state index in [9.17, 15) is 4.79 Å². The van der Waals surface area contributed by atoms with Crippen LogP contribution in [0.5, 0.6) is 0 Å². The Kier molecular flexibility index (Phi) is 5.62. The molecule has 29 heavy (non-hydrogen) atoms. The average Bonchev–Trinajstić information content (AvgIpc) is 3.37. The maximum atomic E-state index is 12.9. The number of nitrogens with one attached hydrogen (secondary N) is 2. The third kappa shape index (κ3) is 4.02. The van der Waals surface area contributed by atoms with Crippen LogP contribution in [0.15, 0.2) is 54.7 Å². The van der Waals surface area contributed by atoms with Crippen molar-refractivity contribution in [1.82, 2.24) is 30.0 Å². The van der Waals surface area contributed by atoms with Crippen molar-refractivity contribution in [2.45, 2.75) is 12.5 Å². The highest BCUT2D eigenvalue weighted by molar-refractivity contribution is 7.98. The number of hydrogen-bond donors (Lipinski definition) is 2. The number of hydrogen-bond acceptors (Lipinski definition) is 5. The smallest absolute Gasteiger partial charge is 0.269 e. The van der Waals surface area contributed by atoms with E-state index in [4.69, 9.17) is 4.98 Å². The molecule has 0 radical (unpaired) electrons. The summed E-state index contributed by atoms with van der Waals surface area (Å²) >= 11 is 1.74. The first-order chi connectivity index (χ1) is 14.2. The number of imidazole rings is 1. The van der Waals surface area contributed by atoms with Crippen molar-refractivity contribution in [3.8, 4) is 11.4 Å². The van der Waals surface area contributed by atoms with Gasteiger partial charge in [-0.3, -0.25) is 14.9 Å². The first-order valence-electron chi connectivity index (χ1n) is 9.35. The topological polar surface area (TPSA) is 88.5 Å². The fourth-order valence-corrected chi connectivity index (χ4v) is 3.77. The van der Waals surface area contributed by atoms with Gasteiger partial charge in [-0.25, -0.2) is 4.98 Å². The van der Waals surface area contributed by atoms with Gasteiger partial charge in [-0.1, -0.05) is 18.2 Å². The SMILES string of the molecule is CSCC[C@@H](NC(=O)c1cc(-c2ccccn2)n[nH]1)c1nc2ccccc2n1C. The first kappa shape index (κ1) is 19.2. The number of amides is 1. The summed E-state index contributed by atoms with van der Waals surface area (Å²) in [6.45, 7) is 0. The number of carbonyl (C=O) groups is 1. The standard InChI is InChI=1S/C21H22N6OS/c1-27-19-9-4-3-8-15(19)23-20(27)16(10-12-29-2)24-21(28)18-13-17(25-26-18)14-7-5-6-11-22-14/h3-9,11,13,16H,10,12H2,1-2H3,(H,24,28)(H,25,26)/t16-/m1/s1. The molecule has 3 aromatic heterocycles. The van der Waals surface area contributed by atoms with Gasteiger partial charge in [0.15, 0.2) is 0 Å². The van der Waals surface area contributed by atoms with Crippen LogP contribution in [0.3, 0.4) is 0 Å². The van der Waals surface area contributed by atoms with E-state index in [1.807, 2.05) is 54.1 Å². The third-order valence-corrected chi connectivity index (χ3v) is 5.44. The minimum atomic E-state index is -0.210. The van der Waals surface area contributed by atoms with Crippen LogP contribution >= 0.6 is 11.8 Å². The van der Waals surface area contributed by atoms with E-state index in [-0.39, 0.29) is 11.9 Å². The van der Waals surface area contributed by atoms with Gasteiger partial charge in [0.1, 0.15) is 17.2 Å².